The fourth-order valence-electron chi connectivity index (χ4n) is 2.25. The molecule has 0 saturated carbocycles. The summed E-state index contributed by atoms with van der Waals surface area (Å²) in [6, 6.07) is 8.85. The minimum Gasteiger partial charge on any atom is -0.339 e. The Balaban J connectivity index is 2.37. The number of nitrogens with one attached hydrogen (secondary N) is 1. The number of rotatable bonds is 6. The summed E-state index contributed by atoms with van der Waals surface area (Å²) in [6.45, 7) is 4.62. The van der Waals surface area contributed by atoms with Crippen molar-refractivity contribution < 1.29 is 17.6 Å². The van der Waals surface area contributed by atoms with Crippen molar-refractivity contribution in [2.24, 2.45) is 0 Å². The van der Waals surface area contributed by atoms with E-state index in [0.717, 1.165) is 12.1 Å². The molecule has 0 spiro atoms. The Morgan fingerprint density at radius 3 is 2.28 bits per heavy atom. The normalized spacial score (nSPS) is 11.2. The van der Waals surface area contributed by atoms with E-state index in [1.165, 1.54) is 30.3 Å². The maximum absolute atomic E-state index is 12.9. The molecule has 134 valence electrons. The summed E-state index contributed by atoms with van der Waals surface area (Å²) < 4.78 is 40.3. The van der Waals surface area contributed by atoms with Crippen molar-refractivity contribution in [3.05, 3.63) is 58.9 Å². The average Bonchev–Trinajstić information content (AvgIpc) is 2.58. The minimum atomic E-state index is -3.94. The van der Waals surface area contributed by atoms with Gasteiger partial charge in [0.25, 0.3) is 15.9 Å². The number of carbonyl (C=O) groups excluding carboxylic acids is 1. The molecule has 1 amide bonds. The van der Waals surface area contributed by atoms with Crippen LogP contribution in [0.4, 0.5) is 10.1 Å². The smallest absolute Gasteiger partial charge is 0.261 e. The van der Waals surface area contributed by atoms with Gasteiger partial charge < -0.3 is 4.90 Å². The summed E-state index contributed by atoms with van der Waals surface area (Å²) in [5.74, 6) is -0.810. The Bertz CT molecular complexity index is 866. The summed E-state index contributed by atoms with van der Waals surface area (Å²) in [5.41, 5.74) is 0.334. The lowest BCUT2D eigenvalue weighted by Crippen LogP contribution is -2.30. The number of nitrogens with zero attached hydrogens (tertiary/aromatic N) is 1. The summed E-state index contributed by atoms with van der Waals surface area (Å²) in [7, 11) is -3.94. The summed E-state index contributed by atoms with van der Waals surface area (Å²) in [4.78, 5) is 13.9. The minimum absolute atomic E-state index is 0.100. The van der Waals surface area contributed by atoms with Gasteiger partial charge in [0.1, 0.15) is 5.82 Å². The summed E-state index contributed by atoms with van der Waals surface area (Å²) >= 11 is 6.07. The van der Waals surface area contributed by atoms with Crippen LogP contribution in [0.2, 0.25) is 5.02 Å². The summed E-state index contributed by atoms with van der Waals surface area (Å²) in [6.07, 6.45) is 0. The number of hydrogen-bond donors (Lipinski definition) is 1. The van der Waals surface area contributed by atoms with Gasteiger partial charge in [0.05, 0.1) is 15.5 Å². The number of amides is 1. The molecule has 0 fully saturated rings. The maximum Gasteiger partial charge on any atom is 0.261 e. The highest BCUT2D eigenvalue weighted by molar-refractivity contribution is 7.92. The molecule has 0 bridgehead atoms. The van der Waals surface area contributed by atoms with Crippen molar-refractivity contribution in [2.75, 3.05) is 17.8 Å². The Labute approximate surface area is 151 Å². The van der Waals surface area contributed by atoms with Crippen molar-refractivity contribution in [3.8, 4) is 0 Å². The van der Waals surface area contributed by atoms with Gasteiger partial charge in [-0.15, -0.1) is 0 Å². The van der Waals surface area contributed by atoms with Crippen molar-refractivity contribution >= 4 is 33.2 Å². The van der Waals surface area contributed by atoms with Crippen LogP contribution in [0.1, 0.15) is 24.2 Å². The molecule has 0 aliphatic rings. The van der Waals surface area contributed by atoms with E-state index in [1.54, 1.807) is 4.90 Å². The summed E-state index contributed by atoms with van der Waals surface area (Å²) in [5, 5.41) is 0.178. The van der Waals surface area contributed by atoms with Crippen LogP contribution in [0.15, 0.2) is 47.4 Å². The molecule has 2 rings (SSSR count). The molecule has 0 radical (unpaired) electrons. The van der Waals surface area contributed by atoms with Crippen LogP contribution in [-0.2, 0) is 10.0 Å². The van der Waals surface area contributed by atoms with E-state index in [2.05, 4.69) is 4.72 Å². The van der Waals surface area contributed by atoms with Crippen LogP contribution in [0, 0.1) is 5.82 Å². The van der Waals surface area contributed by atoms with Gasteiger partial charge in [-0.3, -0.25) is 9.52 Å². The van der Waals surface area contributed by atoms with Crippen LogP contribution in [0.3, 0.4) is 0 Å². The van der Waals surface area contributed by atoms with E-state index in [9.17, 15) is 17.6 Å². The highest BCUT2D eigenvalue weighted by Gasteiger charge is 2.21. The third-order valence-electron chi connectivity index (χ3n) is 3.63. The highest BCUT2D eigenvalue weighted by Crippen LogP contribution is 2.24. The van der Waals surface area contributed by atoms with E-state index < -0.39 is 15.8 Å². The molecule has 0 unspecified atom stereocenters. The van der Waals surface area contributed by atoms with Crippen LogP contribution in [-0.4, -0.2) is 32.3 Å². The van der Waals surface area contributed by atoms with Crippen molar-refractivity contribution in [3.63, 3.8) is 0 Å². The molecule has 0 atom stereocenters. The SMILES string of the molecule is CCN(CC)C(=O)c1cc(S(=O)(=O)Nc2ccc(F)cc2)ccc1Cl. The van der Waals surface area contributed by atoms with Crippen LogP contribution in [0.25, 0.3) is 0 Å². The first-order valence-electron chi connectivity index (χ1n) is 7.65. The first-order valence-corrected chi connectivity index (χ1v) is 9.51. The molecule has 25 heavy (non-hydrogen) atoms. The maximum atomic E-state index is 12.9. The molecular formula is C17H18ClFN2O3S. The molecule has 0 aliphatic carbocycles. The third-order valence-corrected chi connectivity index (χ3v) is 5.33. The van der Waals surface area contributed by atoms with Gasteiger partial charge in [-0.05, 0) is 56.3 Å². The monoisotopic (exact) mass is 384 g/mol. The number of anilines is 1. The van der Waals surface area contributed by atoms with E-state index >= 15 is 0 Å². The Hall–Kier alpha value is -2.12. The van der Waals surface area contributed by atoms with Crippen LogP contribution >= 0.6 is 11.6 Å². The zero-order chi connectivity index (χ0) is 18.6. The molecule has 2 aromatic carbocycles. The van der Waals surface area contributed by atoms with Crippen molar-refractivity contribution in [2.45, 2.75) is 18.7 Å². The van der Waals surface area contributed by atoms with Gasteiger partial charge in [0.15, 0.2) is 0 Å². The van der Waals surface area contributed by atoms with Crippen molar-refractivity contribution in [1.82, 2.24) is 4.90 Å². The second-order valence-electron chi connectivity index (χ2n) is 5.23. The van der Waals surface area contributed by atoms with E-state index in [4.69, 9.17) is 11.6 Å². The van der Waals surface area contributed by atoms with E-state index in [1.807, 2.05) is 13.8 Å². The number of hydrogen-bond acceptors (Lipinski definition) is 3. The lowest BCUT2D eigenvalue weighted by atomic mass is 10.2. The average molecular weight is 385 g/mol. The fraction of sp³-hybridized carbons (Fsp3) is 0.235. The molecule has 0 aromatic heterocycles. The third kappa shape index (κ3) is 4.49. The second-order valence-corrected chi connectivity index (χ2v) is 7.32. The number of sulfonamides is 1. The quantitative estimate of drug-likeness (QED) is 0.824. The first-order chi connectivity index (χ1) is 11.8. The van der Waals surface area contributed by atoms with Gasteiger partial charge in [-0.25, -0.2) is 12.8 Å². The molecule has 5 nitrogen and oxygen atoms in total. The van der Waals surface area contributed by atoms with Gasteiger partial charge in [-0.2, -0.15) is 0 Å². The van der Waals surface area contributed by atoms with Gasteiger partial charge in [0, 0.05) is 18.8 Å². The molecular weight excluding hydrogens is 367 g/mol. The number of halogens is 2. The zero-order valence-corrected chi connectivity index (χ0v) is 15.4. The Morgan fingerprint density at radius 1 is 1.12 bits per heavy atom. The Morgan fingerprint density at radius 2 is 1.72 bits per heavy atom. The number of carbonyl (C=O) groups is 1. The predicted octanol–water partition coefficient (Wildman–Crippen LogP) is 3.76. The van der Waals surface area contributed by atoms with Gasteiger partial charge in [-0.1, -0.05) is 11.6 Å². The van der Waals surface area contributed by atoms with Crippen molar-refractivity contribution in [1.29, 1.82) is 0 Å². The molecule has 2 aromatic rings. The zero-order valence-electron chi connectivity index (χ0n) is 13.8. The van der Waals surface area contributed by atoms with Crippen LogP contribution < -0.4 is 4.72 Å². The second kappa shape index (κ2) is 7.84. The number of benzene rings is 2. The first kappa shape index (κ1) is 19.2. The van der Waals surface area contributed by atoms with Gasteiger partial charge >= 0.3 is 0 Å². The molecule has 1 N–H and O–H groups in total. The van der Waals surface area contributed by atoms with Gasteiger partial charge in [0.2, 0.25) is 0 Å². The van der Waals surface area contributed by atoms with E-state index in [-0.39, 0.29) is 27.1 Å². The highest BCUT2D eigenvalue weighted by atomic mass is 35.5. The lowest BCUT2D eigenvalue weighted by molar-refractivity contribution is 0.0773. The van der Waals surface area contributed by atoms with Crippen LogP contribution in [0.5, 0.6) is 0 Å². The molecule has 8 heteroatoms. The predicted molar refractivity (Wildman–Crippen MR) is 95.9 cm³/mol. The van der Waals surface area contributed by atoms with E-state index in [0.29, 0.717) is 13.1 Å². The standard InChI is InChI=1S/C17H18ClFN2O3S/c1-3-21(4-2)17(22)15-11-14(9-10-16(15)18)25(23,24)20-13-7-5-12(19)6-8-13/h5-11,20H,3-4H2,1-2H3. The topological polar surface area (TPSA) is 66.5 Å². The molecule has 0 aliphatic heterocycles. The fourth-order valence-corrected chi connectivity index (χ4v) is 3.53. The molecule has 0 saturated heterocycles. The largest absolute Gasteiger partial charge is 0.339 e. The molecule has 0 heterocycles. The lowest BCUT2D eigenvalue weighted by Gasteiger charge is -2.19. The Kier molecular flexibility index (Phi) is 6.02.